The van der Waals surface area contributed by atoms with E-state index in [1.807, 2.05) is 84.9 Å². The lowest BCUT2D eigenvalue weighted by molar-refractivity contribution is 0.0672. The minimum atomic E-state index is -3.97. The van der Waals surface area contributed by atoms with E-state index in [1.54, 1.807) is 15.5 Å². The van der Waals surface area contributed by atoms with Gasteiger partial charge in [-0.15, -0.1) is 0 Å². The smallest absolute Gasteiger partial charge is 0.410 e. The van der Waals surface area contributed by atoms with Crippen LogP contribution in [0.3, 0.4) is 0 Å². The molecule has 42 heavy (non-hydrogen) atoms. The zero-order valence-corrected chi connectivity index (χ0v) is 24.2. The number of rotatable bonds is 11. The van der Waals surface area contributed by atoms with Crippen molar-refractivity contribution in [1.29, 1.82) is 0 Å². The Kier molecular flexibility index (Phi) is 9.43. The summed E-state index contributed by atoms with van der Waals surface area (Å²) in [4.78, 5) is 27.8. The standard InChI is InChI=1S/C32H35N3O6S/c36-31(30-23-26-13-7-8-17-29(26)35(30)20-21-40-28-15-5-2-6-16-28)33-42(38,39)22-18-27-14-9-10-19-34(27)32(37)41-24-25-11-3-1-4-12-25/h1-8,11-13,15-17,23,27H,9-10,14,18-22,24H2,(H,33,36). The number of likely N-dealkylation sites (tertiary alicyclic amines) is 1. The van der Waals surface area contributed by atoms with Crippen molar-refractivity contribution in [2.45, 2.75) is 44.9 Å². The second kappa shape index (κ2) is 13.6. The van der Waals surface area contributed by atoms with Crippen LogP contribution in [0.1, 0.15) is 41.7 Å². The van der Waals surface area contributed by atoms with Crippen LogP contribution in [0, 0.1) is 0 Å². The summed E-state index contributed by atoms with van der Waals surface area (Å²) in [7, 11) is -3.97. The molecule has 1 fully saturated rings. The average molecular weight is 590 g/mol. The van der Waals surface area contributed by atoms with Gasteiger partial charge in [-0.1, -0.05) is 66.7 Å². The fourth-order valence-corrected chi connectivity index (χ4v) is 6.36. The number of hydrogen-bond acceptors (Lipinski definition) is 6. The number of aromatic nitrogens is 1. The van der Waals surface area contributed by atoms with Crippen LogP contribution in [0.2, 0.25) is 0 Å². The van der Waals surface area contributed by atoms with Gasteiger partial charge in [-0.05, 0) is 55.5 Å². The van der Waals surface area contributed by atoms with Crippen LogP contribution < -0.4 is 9.46 Å². The highest BCUT2D eigenvalue weighted by Gasteiger charge is 2.30. The van der Waals surface area contributed by atoms with Gasteiger partial charge in [0.1, 0.15) is 24.7 Å². The predicted molar refractivity (Wildman–Crippen MR) is 161 cm³/mol. The van der Waals surface area contributed by atoms with Gasteiger partial charge in [0.2, 0.25) is 10.0 Å². The number of carbonyl (C=O) groups is 2. The fourth-order valence-electron chi connectivity index (χ4n) is 5.29. The molecule has 4 aromatic rings. The molecule has 10 heteroatoms. The van der Waals surface area contributed by atoms with Crippen LogP contribution in [0.4, 0.5) is 4.79 Å². The summed E-state index contributed by atoms with van der Waals surface area (Å²) in [5, 5.41) is 0.826. The molecule has 1 N–H and O–H groups in total. The molecule has 3 aromatic carbocycles. The number of piperidine rings is 1. The summed E-state index contributed by atoms with van der Waals surface area (Å²) < 4.78 is 41.5. The first-order valence-electron chi connectivity index (χ1n) is 14.2. The van der Waals surface area contributed by atoms with Crippen molar-refractivity contribution in [3.8, 4) is 5.75 Å². The van der Waals surface area contributed by atoms with Crippen molar-refractivity contribution >= 4 is 32.9 Å². The minimum Gasteiger partial charge on any atom is -0.492 e. The molecule has 0 bridgehead atoms. The minimum absolute atomic E-state index is 0.154. The topological polar surface area (TPSA) is 107 Å². The summed E-state index contributed by atoms with van der Waals surface area (Å²) >= 11 is 0. The number of para-hydroxylation sites is 2. The average Bonchev–Trinajstić information content (AvgIpc) is 3.39. The fraction of sp³-hybridized carbons (Fsp3) is 0.312. The highest BCUT2D eigenvalue weighted by atomic mass is 32.2. The van der Waals surface area contributed by atoms with E-state index in [0.717, 1.165) is 29.3 Å². The van der Waals surface area contributed by atoms with Gasteiger partial charge >= 0.3 is 6.09 Å². The number of carbonyl (C=O) groups excluding carboxylic acids is 2. The quantitative estimate of drug-likeness (QED) is 0.252. The molecule has 0 aliphatic carbocycles. The van der Waals surface area contributed by atoms with Crippen LogP contribution >= 0.6 is 0 Å². The Morgan fingerprint density at radius 2 is 1.62 bits per heavy atom. The predicted octanol–water partition coefficient (Wildman–Crippen LogP) is 5.36. The monoisotopic (exact) mass is 589 g/mol. The molecule has 5 rings (SSSR count). The largest absolute Gasteiger partial charge is 0.492 e. The first-order chi connectivity index (χ1) is 20.4. The molecule has 0 radical (unpaired) electrons. The third-order valence-electron chi connectivity index (χ3n) is 7.40. The molecule has 1 atom stereocenters. The molecule has 2 heterocycles. The maximum atomic E-state index is 13.3. The van der Waals surface area contributed by atoms with Gasteiger partial charge in [-0.2, -0.15) is 0 Å². The van der Waals surface area contributed by atoms with E-state index in [1.165, 1.54) is 0 Å². The van der Waals surface area contributed by atoms with Crippen LogP contribution in [0.5, 0.6) is 5.75 Å². The van der Waals surface area contributed by atoms with Crippen molar-refractivity contribution in [3.63, 3.8) is 0 Å². The lowest BCUT2D eigenvalue weighted by Gasteiger charge is -2.34. The number of sulfonamides is 1. The van der Waals surface area contributed by atoms with Gasteiger partial charge in [-0.25, -0.2) is 17.9 Å². The normalized spacial score (nSPS) is 15.3. The van der Waals surface area contributed by atoms with E-state index in [4.69, 9.17) is 9.47 Å². The van der Waals surface area contributed by atoms with Crippen LogP contribution in [-0.4, -0.2) is 54.8 Å². The Labute approximate surface area is 246 Å². The Morgan fingerprint density at radius 1 is 0.905 bits per heavy atom. The van der Waals surface area contributed by atoms with Crippen LogP contribution in [0.15, 0.2) is 91.0 Å². The Morgan fingerprint density at radius 3 is 2.40 bits per heavy atom. The zero-order valence-electron chi connectivity index (χ0n) is 23.4. The molecule has 1 saturated heterocycles. The van der Waals surface area contributed by atoms with Gasteiger partial charge in [-0.3, -0.25) is 4.79 Å². The van der Waals surface area contributed by atoms with E-state index >= 15 is 0 Å². The van der Waals surface area contributed by atoms with E-state index in [0.29, 0.717) is 31.9 Å². The maximum absolute atomic E-state index is 13.3. The molecular formula is C32H35N3O6S. The highest BCUT2D eigenvalue weighted by Crippen LogP contribution is 2.23. The van der Waals surface area contributed by atoms with Gasteiger partial charge in [0.05, 0.1) is 12.3 Å². The van der Waals surface area contributed by atoms with E-state index in [-0.39, 0.29) is 30.5 Å². The lowest BCUT2D eigenvalue weighted by Crippen LogP contribution is -2.45. The van der Waals surface area contributed by atoms with Crippen molar-refractivity contribution in [2.24, 2.45) is 0 Å². The summed E-state index contributed by atoms with van der Waals surface area (Å²) in [6.45, 7) is 1.32. The third kappa shape index (κ3) is 7.50. The summed E-state index contributed by atoms with van der Waals surface area (Å²) in [6, 6.07) is 27.7. The molecular weight excluding hydrogens is 554 g/mol. The molecule has 9 nitrogen and oxygen atoms in total. The SMILES string of the molecule is O=C(NS(=O)(=O)CCC1CCCCN1C(=O)OCc1ccccc1)c1cc2ccccc2n1CCOc1ccccc1. The Hall–Kier alpha value is -4.31. The number of ether oxygens (including phenoxy) is 2. The highest BCUT2D eigenvalue weighted by molar-refractivity contribution is 7.90. The van der Waals surface area contributed by atoms with Crippen LogP contribution in [0.25, 0.3) is 10.9 Å². The number of fused-ring (bicyclic) bond motifs is 1. The van der Waals surface area contributed by atoms with Gasteiger partial charge < -0.3 is 18.9 Å². The molecule has 2 amide bonds. The molecule has 1 unspecified atom stereocenters. The van der Waals surface area contributed by atoms with Gasteiger partial charge in [0, 0.05) is 23.5 Å². The second-order valence-corrected chi connectivity index (χ2v) is 12.2. The van der Waals surface area contributed by atoms with Gasteiger partial charge in [0.25, 0.3) is 5.91 Å². The summed E-state index contributed by atoms with van der Waals surface area (Å²) in [5.74, 6) is -0.277. The maximum Gasteiger partial charge on any atom is 0.410 e. The number of amides is 2. The molecule has 220 valence electrons. The lowest BCUT2D eigenvalue weighted by atomic mass is 10.0. The molecule has 1 aromatic heterocycles. The number of nitrogens with one attached hydrogen (secondary N) is 1. The Bertz CT molecular complexity index is 1610. The molecule has 0 spiro atoms. The molecule has 1 aliphatic rings. The number of benzene rings is 3. The summed E-state index contributed by atoms with van der Waals surface area (Å²) in [5.41, 5.74) is 1.93. The van der Waals surface area contributed by atoms with Crippen molar-refractivity contribution in [3.05, 3.63) is 102 Å². The van der Waals surface area contributed by atoms with Gasteiger partial charge in [0.15, 0.2) is 0 Å². The van der Waals surface area contributed by atoms with E-state index in [9.17, 15) is 18.0 Å². The molecule has 1 aliphatic heterocycles. The van der Waals surface area contributed by atoms with Crippen molar-refractivity contribution in [2.75, 3.05) is 18.9 Å². The van der Waals surface area contributed by atoms with Crippen molar-refractivity contribution in [1.82, 2.24) is 14.2 Å². The van der Waals surface area contributed by atoms with E-state index < -0.39 is 22.0 Å². The van der Waals surface area contributed by atoms with Crippen molar-refractivity contribution < 1.29 is 27.5 Å². The van der Waals surface area contributed by atoms with E-state index in [2.05, 4.69) is 4.72 Å². The van der Waals surface area contributed by atoms with Crippen LogP contribution in [-0.2, 0) is 27.9 Å². The number of hydrogen-bond donors (Lipinski definition) is 1. The Balaban J connectivity index is 1.21. The first-order valence-corrected chi connectivity index (χ1v) is 15.8. The summed E-state index contributed by atoms with van der Waals surface area (Å²) in [6.07, 6.45) is 2.16. The second-order valence-electron chi connectivity index (χ2n) is 10.3. The third-order valence-corrected chi connectivity index (χ3v) is 8.67. The first kappa shape index (κ1) is 29.2. The molecule has 0 saturated carbocycles. The zero-order chi connectivity index (χ0) is 29.4. The number of nitrogens with zero attached hydrogens (tertiary/aromatic N) is 2.